The third kappa shape index (κ3) is 1.49. The Morgan fingerprint density at radius 2 is 2.29 bits per heavy atom. The van der Waals surface area contributed by atoms with Gasteiger partial charge in [0.1, 0.15) is 5.69 Å². The van der Waals surface area contributed by atoms with Gasteiger partial charge in [-0.05, 0) is 24.6 Å². The summed E-state index contributed by atoms with van der Waals surface area (Å²) in [6.07, 6.45) is 1.68. The van der Waals surface area contributed by atoms with Crippen molar-refractivity contribution < 1.29 is 0 Å². The summed E-state index contributed by atoms with van der Waals surface area (Å²) >= 11 is 0. The average molecular weight is 189 g/mol. The number of nitrogens with two attached hydrogens (primary N) is 1. The lowest BCUT2D eigenvalue weighted by Crippen LogP contribution is -2.03. The van der Waals surface area contributed by atoms with Crippen molar-refractivity contribution in [1.82, 2.24) is 20.4 Å². The van der Waals surface area contributed by atoms with Gasteiger partial charge in [0, 0.05) is 12.7 Å². The lowest BCUT2D eigenvalue weighted by atomic mass is 10.2. The van der Waals surface area contributed by atoms with Crippen LogP contribution in [0.1, 0.15) is 11.3 Å². The summed E-state index contributed by atoms with van der Waals surface area (Å²) < 4.78 is 0. The first-order valence-electron chi connectivity index (χ1n) is 4.34. The monoisotopic (exact) mass is 189 g/mol. The summed E-state index contributed by atoms with van der Waals surface area (Å²) in [5, 5.41) is 14.8. The first-order valence-corrected chi connectivity index (χ1v) is 4.34. The number of nitrogens with one attached hydrogen (secondary N) is 1. The van der Waals surface area contributed by atoms with Crippen LogP contribution in [0.25, 0.3) is 11.4 Å². The van der Waals surface area contributed by atoms with E-state index >= 15 is 0 Å². The Kier molecular flexibility index (Phi) is 2.24. The zero-order chi connectivity index (χ0) is 9.97. The quantitative estimate of drug-likeness (QED) is 0.726. The normalized spacial score (nSPS) is 10.4. The van der Waals surface area contributed by atoms with Gasteiger partial charge in [0.25, 0.3) is 0 Å². The van der Waals surface area contributed by atoms with Crippen molar-refractivity contribution in [1.29, 1.82) is 0 Å². The number of aromatic nitrogens is 4. The van der Waals surface area contributed by atoms with Gasteiger partial charge in [0.2, 0.25) is 0 Å². The minimum Gasteiger partial charge on any atom is -0.326 e. The molecule has 0 fully saturated rings. The Morgan fingerprint density at radius 1 is 1.43 bits per heavy atom. The van der Waals surface area contributed by atoms with E-state index < -0.39 is 0 Å². The number of H-pyrrole nitrogens is 1. The van der Waals surface area contributed by atoms with Gasteiger partial charge in [-0.15, -0.1) is 5.10 Å². The van der Waals surface area contributed by atoms with Crippen LogP contribution in [0.3, 0.4) is 0 Å². The molecule has 0 aliphatic rings. The predicted octanol–water partition coefficient (Wildman–Crippen LogP) is 0.634. The molecule has 2 aromatic rings. The maximum absolute atomic E-state index is 5.58. The standard InChI is InChI=1S/C9H11N5/c1-6-7(5-10)4-9(14-12-6)8-2-3-11-13-8/h2-4H,5,10H2,1H3,(H,11,13). The minimum atomic E-state index is 0.475. The summed E-state index contributed by atoms with van der Waals surface area (Å²) in [7, 11) is 0. The summed E-state index contributed by atoms with van der Waals surface area (Å²) in [6.45, 7) is 2.37. The molecule has 5 nitrogen and oxygen atoms in total. The zero-order valence-electron chi connectivity index (χ0n) is 7.86. The van der Waals surface area contributed by atoms with Crippen LogP contribution in [0.4, 0.5) is 0 Å². The molecule has 0 atom stereocenters. The molecule has 2 heterocycles. The second-order valence-electron chi connectivity index (χ2n) is 3.01. The van der Waals surface area contributed by atoms with E-state index in [0.717, 1.165) is 22.6 Å². The van der Waals surface area contributed by atoms with E-state index in [-0.39, 0.29) is 0 Å². The fraction of sp³-hybridized carbons (Fsp3) is 0.222. The van der Waals surface area contributed by atoms with Crippen LogP contribution < -0.4 is 5.73 Å². The van der Waals surface area contributed by atoms with Crippen molar-refractivity contribution in [2.24, 2.45) is 5.73 Å². The topological polar surface area (TPSA) is 80.5 Å². The number of rotatable bonds is 2. The molecule has 14 heavy (non-hydrogen) atoms. The highest BCUT2D eigenvalue weighted by molar-refractivity contribution is 5.53. The van der Waals surface area contributed by atoms with Crippen LogP contribution in [0.15, 0.2) is 18.3 Å². The fourth-order valence-electron chi connectivity index (χ4n) is 1.23. The van der Waals surface area contributed by atoms with Gasteiger partial charge in [-0.3, -0.25) is 5.10 Å². The van der Waals surface area contributed by atoms with Crippen LogP contribution in [0, 0.1) is 6.92 Å². The van der Waals surface area contributed by atoms with Crippen molar-refractivity contribution >= 4 is 0 Å². The highest BCUT2D eigenvalue weighted by Crippen LogP contribution is 2.14. The number of hydrogen-bond acceptors (Lipinski definition) is 4. The molecule has 0 spiro atoms. The van der Waals surface area contributed by atoms with Crippen molar-refractivity contribution in [3.8, 4) is 11.4 Å². The molecule has 2 aromatic heterocycles. The molecule has 0 saturated heterocycles. The summed E-state index contributed by atoms with van der Waals surface area (Å²) in [4.78, 5) is 0. The van der Waals surface area contributed by atoms with E-state index in [1.807, 2.05) is 19.1 Å². The molecule has 0 radical (unpaired) electrons. The number of aryl methyl sites for hydroxylation is 1. The van der Waals surface area contributed by atoms with Crippen LogP contribution in [-0.2, 0) is 6.54 Å². The van der Waals surface area contributed by atoms with Gasteiger partial charge in [0.15, 0.2) is 0 Å². The highest BCUT2D eigenvalue weighted by Gasteiger charge is 2.04. The Morgan fingerprint density at radius 3 is 2.93 bits per heavy atom. The van der Waals surface area contributed by atoms with Gasteiger partial charge >= 0.3 is 0 Å². The maximum Gasteiger partial charge on any atom is 0.111 e. The summed E-state index contributed by atoms with van der Waals surface area (Å²) in [5.74, 6) is 0. The van der Waals surface area contributed by atoms with Crippen molar-refractivity contribution in [3.63, 3.8) is 0 Å². The van der Waals surface area contributed by atoms with Gasteiger partial charge in [-0.1, -0.05) is 0 Å². The molecule has 0 amide bonds. The molecule has 0 unspecified atom stereocenters. The molecule has 5 heteroatoms. The van der Waals surface area contributed by atoms with Gasteiger partial charge in [-0.2, -0.15) is 10.2 Å². The zero-order valence-corrected chi connectivity index (χ0v) is 7.86. The van der Waals surface area contributed by atoms with Crippen molar-refractivity contribution in [2.45, 2.75) is 13.5 Å². The van der Waals surface area contributed by atoms with Crippen LogP contribution in [0.2, 0.25) is 0 Å². The lowest BCUT2D eigenvalue weighted by Gasteiger charge is -2.02. The fourth-order valence-corrected chi connectivity index (χ4v) is 1.23. The molecule has 2 rings (SSSR count). The molecule has 0 aromatic carbocycles. The van der Waals surface area contributed by atoms with E-state index in [1.165, 1.54) is 0 Å². The molecule has 3 N–H and O–H groups in total. The molecule has 0 saturated carbocycles. The second kappa shape index (κ2) is 3.55. The summed E-state index contributed by atoms with van der Waals surface area (Å²) in [6, 6.07) is 3.77. The highest BCUT2D eigenvalue weighted by atomic mass is 15.1. The van der Waals surface area contributed by atoms with Gasteiger partial charge < -0.3 is 5.73 Å². The largest absolute Gasteiger partial charge is 0.326 e. The van der Waals surface area contributed by atoms with Gasteiger partial charge in [0.05, 0.1) is 11.4 Å². The Balaban J connectivity index is 2.46. The first kappa shape index (κ1) is 8.83. The Hall–Kier alpha value is -1.75. The third-order valence-electron chi connectivity index (χ3n) is 2.08. The van der Waals surface area contributed by atoms with E-state index in [2.05, 4.69) is 20.4 Å². The summed E-state index contributed by atoms with van der Waals surface area (Å²) in [5.41, 5.74) is 9.08. The van der Waals surface area contributed by atoms with Crippen LogP contribution in [0.5, 0.6) is 0 Å². The third-order valence-corrected chi connectivity index (χ3v) is 2.08. The Labute approximate surface area is 81.4 Å². The molecular formula is C9H11N5. The number of aromatic amines is 1. The Bertz CT molecular complexity index is 421. The van der Waals surface area contributed by atoms with Crippen molar-refractivity contribution in [3.05, 3.63) is 29.6 Å². The number of nitrogens with zero attached hydrogens (tertiary/aromatic N) is 3. The average Bonchev–Trinajstić information content (AvgIpc) is 2.71. The molecule has 0 bridgehead atoms. The number of hydrogen-bond donors (Lipinski definition) is 2. The van der Waals surface area contributed by atoms with Crippen LogP contribution in [-0.4, -0.2) is 20.4 Å². The van der Waals surface area contributed by atoms with E-state index in [0.29, 0.717) is 6.54 Å². The molecular weight excluding hydrogens is 178 g/mol. The lowest BCUT2D eigenvalue weighted by molar-refractivity contribution is 0.919. The minimum absolute atomic E-state index is 0.475. The second-order valence-corrected chi connectivity index (χ2v) is 3.01. The molecule has 0 aliphatic carbocycles. The maximum atomic E-state index is 5.58. The van der Waals surface area contributed by atoms with Crippen LogP contribution >= 0.6 is 0 Å². The van der Waals surface area contributed by atoms with E-state index in [9.17, 15) is 0 Å². The smallest absolute Gasteiger partial charge is 0.111 e. The van der Waals surface area contributed by atoms with E-state index in [1.54, 1.807) is 6.20 Å². The molecule has 0 aliphatic heterocycles. The molecule has 72 valence electrons. The van der Waals surface area contributed by atoms with Crippen molar-refractivity contribution in [2.75, 3.05) is 0 Å². The first-order chi connectivity index (χ1) is 6.81. The van der Waals surface area contributed by atoms with Gasteiger partial charge in [-0.25, -0.2) is 0 Å². The SMILES string of the molecule is Cc1nnc(-c2ccn[nH]2)cc1CN. The van der Waals surface area contributed by atoms with E-state index in [4.69, 9.17) is 5.73 Å². The predicted molar refractivity (Wildman–Crippen MR) is 52.2 cm³/mol.